The molecule has 0 N–H and O–H groups in total. The molecule has 6 nitrogen and oxygen atoms in total. The third kappa shape index (κ3) is 5.29. The fourth-order valence-electron chi connectivity index (χ4n) is 10.4. The zero-order valence-electron chi connectivity index (χ0n) is 34.4. The van der Waals surface area contributed by atoms with Crippen molar-refractivity contribution in [1.29, 1.82) is 0 Å². The van der Waals surface area contributed by atoms with Crippen LogP contribution in [0.15, 0.2) is 195 Å². The van der Waals surface area contributed by atoms with Gasteiger partial charge in [-0.25, -0.2) is 15.0 Å². The Kier molecular flexibility index (Phi) is 7.48. The fourth-order valence-corrected chi connectivity index (χ4v) is 10.4. The molecule has 0 bridgehead atoms. The first-order valence-corrected chi connectivity index (χ1v) is 21.8. The number of hydrogen-bond donors (Lipinski definition) is 0. The molecule has 0 unspecified atom stereocenters. The number of fused-ring (bicyclic) bond motifs is 13. The van der Waals surface area contributed by atoms with Gasteiger partial charge in [0.15, 0.2) is 17.5 Å². The summed E-state index contributed by atoms with van der Waals surface area (Å²) >= 11 is 0. The lowest BCUT2D eigenvalue weighted by Gasteiger charge is -2.20. The highest BCUT2D eigenvalue weighted by molar-refractivity contribution is 6.12. The number of rotatable bonds is 4. The Bertz CT molecular complexity index is 3930. The number of nitrogens with zero attached hydrogens (tertiary/aromatic N) is 3. The number of hydrogen-bond acceptors (Lipinski definition) is 6. The van der Waals surface area contributed by atoms with E-state index in [1.807, 2.05) is 72.8 Å². The molecule has 0 aliphatic heterocycles. The summed E-state index contributed by atoms with van der Waals surface area (Å²) in [6.07, 6.45) is 1.86. The van der Waals surface area contributed by atoms with Crippen molar-refractivity contribution < 1.29 is 13.3 Å². The van der Waals surface area contributed by atoms with Crippen molar-refractivity contribution in [3.05, 3.63) is 199 Å². The normalized spacial score (nSPS) is 14.0. The van der Waals surface area contributed by atoms with Crippen LogP contribution in [0.1, 0.15) is 29.0 Å². The second-order valence-corrected chi connectivity index (χ2v) is 16.9. The standard InChI is InChI=1S/C58H35N3O3/c1-2-14-34-30-47-35(29-33(34)13-1)27-28-37(38-15-3-4-16-39(38)47)36-31-48-42-19-7-10-26-52(42)64-55(48)49(32-36)58-60-56(45-22-11-20-43-40-17-5-8-24-50(40)62-53(43)45)59-57(61-58)46-23-12-21-44-41-18-6-9-25-51(41)63-54(44)46/h1-26,29-32,37H,27-28H2/t37-/m0/s1. The molecule has 1 aliphatic rings. The summed E-state index contributed by atoms with van der Waals surface area (Å²) < 4.78 is 20.1. The van der Waals surface area contributed by atoms with Crippen LogP contribution < -0.4 is 0 Å². The molecule has 300 valence electrons. The van der Waals surface area contributed by atoms with Crippen LogP contribution in [0.25, 0.3) is 122 Å². The molecule has 0 radical (unpaired) electrons. The fraction of sp³-hybridized carbons (Fsp3) is 0.0517. The summed E-state index contributed by atoms with van der Waals surface area (Å²) in [6.45, 7) is 0. The van der Waals surface area contributed by atoms with Gasteiger partial charge < -0.3 is 13.3 Å². The van der Waals surface area contributed by atoms with E-state index >= 15 is 0 Å². The van der Waals surface area contributed by atoms with Crippen LogP contribution in [-0.4, -0.2) is 15.0 Å². The smallest absolute Gasteiger partial charge is 0.167 e. The largest absolute Gasteiger partial charge is 0.455 e. The van der Waals surface area contributed by atoms with Crippen molar-refractivity contribution in [2.45, 2.75) is 18.8 Å². The lowest BCUT2D eigenvalue weighted by Crippen LogP contribution is -2.04. The maximum atomic E-state index is 6.84. The van der Waals surface area contributed by atoms with Crippen LogP contribution in [0, 0.1) is 0 Å². The Morgan fingerprint density at radius 2 is 0.828 bits per heavy atom. The predicted octanol–water partition coefficient (Wildman–Crippen LogP) is 15.5. The maximum absolute atomic E-state index is 6.84. The predicted molar refractivity (Wildman–Crippen MR) is 258 cm³/mol. The Hall–Kier alpha value is -8.35. The van der Waals surface area contributed by atoms with Gasteiger partial charge in [0.25, 0.3) is 0 Å². The zero-order chi connectivity index (χ0) is 41.9. The van der Waals surface area contributed by atoms with Gasteiger partial charge in [-0.3, -0.25) is 0 Å². The van der Waals surface area contributed by atoms with Crippen molar-refractivity contribution in [1.82, 2.24) is 15.0 Å². The minimum atomic E-state index is 0.0814. The van der Waals surface area contributed by atoms with E-state index in [0.717, 1.165) is 95.3 Å². The van der Waals surface area contributed by atoms with E-state index in [2.05, 4.69) is 109 Å². The number of benzene rings is 9. The molecule has 1 aliphatic carbocycles. The second kappa shape index (κ2) is 13.6. The summed E-state index contributed by atoms with van der Waals surface area (Å²) in [5, 5.41) is 8.66. The monoisotopic (exact) mass is 821 g/mol. The van der Waals surface area contributed by atoms with Gasteiger partial charge in [-0.15, -0.1) is 0 Å². The van der Waals surface area contributed by atoms with Gasteiger partial charge in [-0.2, -0.15) is 0 Å². The van der Waals surface area contributed by atoms with Gasteiger partial charge in [-0.05, 0) is 100.0 Å². The third-order valence-corrected chi connectivity index (χ3v) is 13.4. The van der Waals surface area contributed by atoms with Crippen molar-refractivity contribution in [2.75, 3.05) is 0 Å². The summed E-state index contributed by atoms with van der Waals surface area (Å²) in [4.78, 5) is 16.1. The van der Waals surface area contributed by atoms with Gasteiger partial charge in [-0.1, -0.05) is 133 Å². The summed E-state index contributed by atoms with van der Waals surface area (Å²) in [6, 6.07) is 63.9. The molecule has 0 saturated carbocycles. The molecule has 0 spiro atoms. The van der Waals surface area contributed by atoms with Gasteiger partial charge in [0, 0.05) is 38.2 Å². The SMILES string of the molecule is c1ccc2c(c1)-c1cc3ccccc3cc1CC[C@H]2c1cc(-c2nc(-c3cccc4c3oc3ccccc34)nc(-c3cccc4c3oc3ccccc34)n2)c2oc3ccccc3c2c1. The molecule has 13 aromatic rings. The zero-order valence-corrected chi connectivity index (χ0v) is 34.4. The summed E-state index contributed by atoms with van der Waals surface area (Å²) in [5.74, 6) is 1.57. The third-order valence-electron chi connectivity index (χ3n) is 13.4. The van der Waals surface area contributed by atoms with Gasteiger partial charge in [0.1, 0.15) is 33.5 Å². The van der Waals surface area contributed by atoms with Gasteiger partial charge >= 0.3 is 0 Å². The van der Waals surface area contributed by atoms with Crippen molar-refractivity contribution in [3.8, 4) is 45.3 Å². The van der Waals surface area contributed by atoms with E-state index in [9.17, 15) is 0 Å². The Labute approximate surface area is 366 Å². The molecule has 1 atom stereocenters. The topological polar surface area (TPSA) is 78.1 Å². The quantitative estimate of drug-likeness (QED) is 0.176. The van der Waals surface area contributed by atoms with E-state index in [0.29, 0.717) is 17.5 Å². The number of para-hydroxylation sites is 5. The van der Waals surface area contributed by atoms with Crippen molar-refractivity contribution in [2.24, 2.45) is 0 Å². The lowest BCUT2D eigenvalue weighted by molar-refractivity contribution is 0.668. The molecule has 4 heterocycles. The highest BCUT2D eigenvalue weighted by Crippen LogP contribution is 2.46. The molecule has 0 amide bonds. The van der Waals surface area contributed by atoms with Crippen LogP contribution in [0.2, 0.25) is 0 Å². The molecular weight excluding hydrogens is 787 g/mol. The molecule has 9 aromatic carbocycles. The molecule has 0 saturated heterocycles. The van der Waals surface area contributed by atoms with E-state index in [4.69, 9.17) is 28.2 Å². The Morgan fingerprint density at radius 3 is 1.45 bits per heavy atom. The highest BCUT2D eigenvalue weighted by Gasteiger charge is 2.28. The van der Waals surface area contributed by atoms with Gasteiger partial charge in [0.2, 0.25) is 0 Å². The van der Waals surface area contributed by atoms with E-state index in [1.165, 1.54) is 38.6 Å². The average molecular weight is 822 g/mol. The number of aryl methyl sites for hydroxylation is 1. The van der Waals surface area contributed by atoms with Crippen LogP contribution in [0.3, 0.4) is 0 Å². The molecular formula is C58H35N3O3. The van der Waals surface area contributed by atoms with E-state index in [-0.39, 0.29) is 5.92 Å². The first-order chi connectivity index (χ1) is 31.7. The summed E-state index contributed by atoms with van der Waals surface area (Å²) in [5.41, 5.74) is 13.4. The molecule has 4 aromatic heterocycles. The van der Waals surface area contributed by atoms with Crippen LogP contribution in [-0.2, 0) is 6.42 Å². The van der Waals surface area contributed by atoms with E-state index < -0.39 is 0 Å². The molecule has 64 heavy (non-hydrogen) atoms. The van der Waals surface area contributed by atoms with Gasteiger partial charge in [0.05, 0.1) is 16.7 Å². The highest BCUT2D eigenvalue weighted by atomic mass is 16.3. The number of aromatic nitrogens is 3. The molecule has 0 fully saturated rings. The Balaban J connectivity index is 1.04. The van der Waals surface area contributed by atoms with E-state index in [1.54, 1.807) is 0 Å². The minimum absolute atomic E-state index is 0.0814. The van der Waals surface area contributed by atoms with Crippen molar-refractivity contribution >= 4 is 76.6 Å². The number of furan rings is 3. The average Bonchev–Trinajstić information content (AvgIpc) is 4.02. The maximum Gasteiger partial charge on any atom is 0.167 e. The first kappa shape index (κ1) is 35.3. The molecule has 14 rings (SSSR count). The minimum Gasteiger partial charge on any atom is -0.455 e. The van der Waals surface area contributed by atoms with Crippen LogP contribution >= 0.6 is 0 Å². The summed E-state index contributed by atoms with van der Waals surface area (Å²) in [7, 11) is 0. The van der Waals surface area contributed by atoms with Crippen LogP contribution in [0.5, 0.6) is 0 Å². The first-order valence-electron chi connectivity index (χ1n) is 21.8. The Morgan fingerprint density at radius 1 is 0.359 bits per heavy atom. The van der Waals surface area contributed by atoms with Crippen molar-refractivity contribution in [3.63, 3.8) is 0 Å². The second-order valence-electron chi connectivity index (χ2n) is 16.9. The molecule has 6 heteroatoms. The lowest BCUT2D eigenvalue weighted by atomic mass is 9.84. The van der Waals surface area contributed by atoms with Crippen LogP contribution in [0.4, 0.5) is 0 Å².